The molecule has 0 spiro atoms. The van der Waals surface area contributed by atoms with Crippen LogP contribution < -0.4 is 21.3 Å². The zero-order valence-corrected chi connectivity index (χ0v) is 33.8. The molecule has 1 aliphatic heterocycles. The summed E-state index contributed by atoms with van der Waals surface area (Å²) in [6, 6.07) is 32.1. The van der Waals surface area contributed by atoms with Gasteiger partial charge in [0, 0.05) is 60.3 Å². The third-order valence-electron chi connectivity index (χ3n) is 10.9. The van der Waals surface area contributed by atoms with Crippen LogP contribution >= 0.6 is 0 Å². The Balaban J connectivity index is 0.000000158. The molecule has 0 radical (unpaired) electrons. The molecule has 314 valence electrons. The van der Waals surface area contributed by atoms with Gasteiger partial charge in [0.15, 0.2) is 11.3 Å². The third kappa shape index (κ3) is 9.34. The monoisotopic (exact) mass is 833 g/mol. The number of pyridine rings is 2. The fourth-order valence-electron chi connectivity index (χ4n) is 7.21. The Kier molecular flexibility index (Phi) is 11.5. The lowest BCUT2D eigenvalue weighted by atomic mass is 10.1. The van der Waals surface area contributed by atoms with E-state index in [1.165, 1.54) is 12.1 Å². The highest BCUT2D eigenvalue weighted by Gasteiger charge is 2.31. The van der Waals surface area contributed by atoms with Crippen LogP contribution in [0.15, 0.2) is 109 Å². The second-order valence-corrected chi connectivity index (χ2v) is 15.6. The topological polar surface area (TPSA) is 180 Å². The molecule has 2 saturated carbocycles. The maximum Gasteiger partial charge on any atom is 0.253 e. The second kappa shape index (κ2) is 17.7. The normalized spacial score (nSPS) is 15.0. The highest BCUT2D eigenvalue weighted by molar-refractivity contribution is 5.96. The Hall–Kier alpha value is -7.33. The molecule has 4 aromatic heterocycles. The van der Waals surface area contributed by atoms with Gasteiger partial charge in [-0.2, -0.15) is 9.97 Å². The first-order chi connectivity index (χ1) is 30.3. The van der Waals surface area contributed by atoms with Crippen LogP contribution in [0.4, 0.5) is 16.3 Å². The number of halogens is 1. The van der Waals surface area contributed by atoms with Crippen LogP contribution in [0.25, 0.3) is 33.8 Å². The summed E-state index contributed by atoms with van der Waals surface area (Å²) in [6.45, 7) is 3.53. The zero-order valence-electron chi connectivity index (χ0n) is 33.8. The summed E-state index contributed by atoms with van der Waals surface area (Å²) in [4.78, 5) is 60.0. The summed E-state index contributed by atoms with van der Waals surface area (Å²) < 4.78 is 16.7. The van der Waals surface area contributed by atoms with E-state index in [9.17, 15) is 23.6 Å². The fraction of sp³-hybridized carbons (Fsp3) is 0.261. The first-order valence-corrected chi connectivity index (χ1v) is 20.8. The van der Waals surface area contributed by atoms with Crippen LogP contribution in [0.5, 0.6) is 0 Å². The summed E-state index contributed by atoms with van der Waals surface area (Å²) in [5.41, 5.74) is 6.57. The lowest BCUT2D eigenvalue weighted by Crippen LogP contribution is -2.34. The molecule has 0 unspecified atom stereocenters. The molecule has 3 aliphatic rings. The van der Waals surface area contributed by atoms with Crippen molar-refractivity contribution in [3.63, 3.8) is 0 Å². The lowest BCUT2D eigenvalue weighted by molar-refractivity contribution is -0.118. The van der Waals surface area contributed by atoms with Gasteiger partial charge in [-0.05, 0) is 105 Å². The van der Waals surface area contributed by atoms with Gasteiger partial charge in [0.05, 0.1) is 11.4 Å². The molecule has 4 N–H and O–H groups in total. The summed E-state index contributed by atoms with van der Waals surface area (Å²) in [6.07, 6.45) is 4.66. The minimum absolute atomic E-state index is 0.0148. The van der Waals surface area contributed by atoms with Crippen molar-refractivity contribution in [2.75, 3.05) is 36.8 Å². The van der Waals surface area contributed by atoms with Crippen molar-refractivity contribution in [1.82, 2.24) is 44.7 Å². The van der Waals surface area contributed by atoms with Gasteiger partial charge in [0.1, 0.15) is 5.82 Å². The minimum Gasteiger partial charge on any atom is -0.348 e. The number of rotatable bonds is 10. The van der Waals surface area contributed by atoms with Crippen molar-refractivity contribution in [3.05, 3.63) is 132 Å². The molecule has 3 fully saturated rings. The highest BCUT2D eigenvalue weighted by atomic mass is 19.1. The van der Waals surface area contributed by atoms with Crippen molar-refractivity contribution in [1.29, 1.82) is 0 Å². The number of aromatic nitrogens is 6. The predicted molar refractivity (Wildman–Crippen MR) is 231 cm³/mol. The van der Waals surface area contributed by atoms with Crippen molar-refractivity contribution in [2.45, 2.75) is 38.6 Å². The Morgan fingerprint density at radius 3 is 1.74 bits per heavy atom. The van der Waals surface area contributed by atoms with E-state index in [2.05, 4.69) is 41.4 Å². The van der Waals surface area contributed by atoms with E-state index in [1.54, 1.807) is 33.3 Å². The van der Waals surface area contributed by atoms with E-state index in [0.717, 1.165) is 80.8 Å². The number of benzene rings is 3. The largest absolute Gasteiger partial charge is 0.348 e. The predicted octanol–water partition coefficient (Wildman–Crippen LogP) is 5.99. The van der Waals surface area contributed by atoms with E-state index in [0.29, 0.717) is 33.9 Å². The molecule has 0 bridgehead atoms. The van der Waals surface area contributed by atoms with Crippen molar-refractivity contribution < 1.29 is 23.6 Å². The molecule has 3 aromatic carbocycles. The Bertz CT molecular complexity index is 2770. The Morgan fingerprint density at radius 2 is 1.19 bits per heavy atom. The standard InChI is InChI=1S/C24H20FN5O2.C22H24N6O2/c25-19-4-1-3-15(13-19)14-26-22(31)17-9-7-16(8-10-17)20-5-2-6-21-27-24(29-30(20)21)28-23(32)18-11-12-18;29-20(16-7-8-16)25-22-24-19-4-1-3-18(28(19)26-22)15-5-9-17(10-6-15)21(30)27-13-2-11-23-12-14-27/h1-10,13,18H,11-12,14H2,(H,26,31)(H,28,29,32);1,3-6,9-10,16,23H,2,7-8,11-14H2,(H,25,26,29). The number of carbonyl (C=O) groups excluding carboxylic acids is 4. The van der Waals surface area contributed by atoms with Crippen LogP contribution in [-0.2, 0) is 16.1 Å². The third-order valence-corrected chi connectivity index (χ3v) is 10.9. The molecule has 2 aliphatic carbocycles. The molecule has 16 heteroatoms. The van der Waals surface area contributed by atoms with Crippen LogP contribution in [0.3, 0.4) is 0 Å². The maximum atomic E-state index is 13.3. The Morgan fingerprint density at radius 1 is 0.645 bits per heavy atom. The van der Waals surface area contributed by atoms with E-state index in [-0.39, 0.29) is 53.8 Å². The number of nitrogens with one attached hydrogen (secondary N) is 4. The molecule has 15 nitrogen and oxygen atoms in total. The van der Waals surface area contributed by atoms with Gasteiger partial charge in [-0.3, -0.25) is 29.8 Å². The Labute approximate surface area is 355 Å². The number of fused-ring (bicyclic) bond motifs is 2. The smallest absolute Gasteiger partial charge is 0.253 e. The molecular weight excluding hydrogens is 790 g/mol. The molecule has 7 aromatic rings. The number of nitrogens with zero attached hydrogens (tertiary/aromatic N) is 7. The summed E-state index contributed by atoms with van der Waals surface area (Å²) in [5, 5.41) is 20.6. The van der Waals surface area contributed by atoms with Gasteiger partial charge < -0.3 is 15.5 Å². The molecule has 1 saturated heterocycles. The SMILES string of the molecule is O=C(NCc1cccc(F)c1)c1ccc(-c2cccc3nc(NC(=O)C4CC4)nn23)cc1.O=C(Nc1nc2cccc(-c3ccc(C(=O)N4CCCNCC4)cc3)n2n1)C1CC1. The zero-order chi connectivity index (χ0) is 42.6. The number of hydrogen-bond donors (Lipinski definition) is 4. The van der Waals surface area contributed by atoms with E-state index < -0.39 is 0 Å². The second-order valence-electron chi connectivity index (χ2n) is 15.6. The van der Waals surface area contributed by atoms with E-state index in [4.69, 9.17) is 0 Å². The van der Waals surface area contributed by atoms with Crippen molar-refractivity contribution >= 4 is 46.8 Å². The van der Waals surface area contributed by atoms with E-state index >= 15 is 0 Å². The summed E-state index contributed by atoms with van der Waals surface area (Å²) in [7, 11) is 0. The number of hydrogen-bond acceptors (Lipinski definition) is 9. The van der Waals surface area contributed by atoms with Gasteiger partial charge >= 0.3 is 0 Å². The van der Waals surface area contributed by atoms with Crippen LogP contribution in [0, 0.1) is 17.7 Å². The van der Waals surface area contributed by atoms with Gasteiger partial charge in [0.2, 0.25) is 23.7 Å². The molecule has 10 rings (SSSR count). The van der Waals surface area contributed by atoms with E-state index in [1.807, 2.05) is 77.7 Å². The molecule has 5 heterocycles. The van der Waals surface area contributed by atoms with Crippen molar-refractivity contribution in [2.24, 2.45) is 11.8 Å². The van der Waals surface area contributed by atoms with Gasteiger partial charge in [-0.15, -0.1) is 10.2 Å². The van der Waals surface area contributed by atoms with Gasteiger partial charge in [0.25, 0.3) is 11.8 Å². The van der Waals surface area contributed by atoms with Gasteiger partial charge in [-0.1, -0.05) is 48.5 Å². The average molecular weight is 834 g/mol. The van der Waals surface area contributed by atoms with Crippen molar-refractivity contribution in [3.8, 4) is 22.5 Å². The highest BCUT2D eigenvalue weighted by Crippen LogP contribution is 2.31. The first-order valence-electron chi connectivity index (χ1n) is 20.8. The molecule has 4 amide bonds. The number of amides is 4. The van der Waals surface area contributed by atoms with Gasteiger partial charge in [-0.25, -0.2) is 13.4 Å². The van der Waals surface area contributed by atoms with Crippen LogP contribution in [0.1, 0.15) is 58.4 Å². The quantitative estimate of drug-likeness (QED) is 0.129. The molecule has 0 atom stereocenters. The average Bonchev–Trinajstić information content (AvgIpc) is 4.23. The summed E-state index contributed by atoms with van der Waals surface area (Å²) in [5.74, 6) is 0.193. The number of anilines is 2. The first kappa shape index (κ1) is 40.1. The fourth-order valence-corrected chi connectivity index (χ4v) is 7.21. The molecule has 62 heavy (non-hydrogen) atoms. The lowest BCUT2D eigenvalue weighted by Gasteiger charge is -2.20. The van der Waals surface area contributed by atoms with Crippen LogP contribution in [0.2, 0.25) is 0 Å². The molecular formula is C46H44FN11O4. The minimum atomic E-state index is -0.335. The summed E-state index contributed by atoms with van der Waals surface area (Å²) >= 11 is 0. The van der Waals surface area contributed by atoms with Crippen LogP contribution in [-0.4, -0.2) is 83.9 Å². The maximum absolute atomic E-state index is 13.3. The number of carbonyl (C=O) groups is 4.